The first-order chi connectivity index (χ1) is 4.29. The molecule has 0 aliphatic carbocycles. The fourth-order valence-corrected chi connectivity index (χ4v) is 0.748. The molecule has 1 N–H and O–H groups in total. The zero-order valence-corrected chi connectivity index (χ0v) is 5.54. The van der Waals surface area contributed by atoms with Gasteiger partial charge in [0.1, 0.15) is 0 Å². The van der Waals surface area contributed by atoms with E-state index < -0.39 is 6.29 Å². The Morgan fingerprint density at radius 3 is 3.00 bits per heavy atom. The van der Waals surface area contributed by atoms with Gasteiger partial charge in [-0.1, -0.05) is 0 Å². The third-order valence-electron chi connectivity index (χ3n) is 1.36. The largest absolute Gasteiger partial charge is 0.373 e. The molecule has 0 amide bonds. The second-order valence-electron chi connectivity index (χ2n) is 2.26. The average molecular weight is 132 g/mol. The number of rotatable bonds is 0. The van der Waals surface area contributed by atoms with Crippen LogP contribution in [0.25, 0.3) is 0 Å². The maximum absolute atomic E-state index is 8.86. The average Bonchev–Trinajstić information content (AvgIpc) is 1.97. The molecule has 1 rings (SSSR count). The molecule has 1 aliphatic heterocycles. The summed E-state index contributed by atoms with van der Waals surface area (Å²) in [5, 5.41) is 8.86. The van der Waals surface area contributed by atoms with Crippen molar-refractivity contribution >= 4 is 0 Å². The summed E-state index contributed by atoms with van der Waals surface area (Å²) in [4.78, 5) is 0. The van der Waals surface area contributed by atoms with E-state index in [1.165, 1.54) is 0 Å². The number of ether oxygens (including phenoxy) is 2. The second-order valence-corrected chi connectivity index (χ2v) is 2.26. The van der Waals surface area contributed by atoms with E-state index in [0.717, 1.165) is 6.42 Å². The van der Waals surface area contributed by atoms with Crippen LogP contribution in [0.15, 0.2) is 0 Å². The third-order valence-corrected chi connectivity index (χ3v) is 1.36. The van der Waals surface area contributed by atoms with Gasteiger partial charge in [-0.3, -0.25) is 0 Å². The highest BCUT2D eigenvalue weighted by atomic mass is 16.6. The van der Waals surface area contributed by atoms with Gasteiger partial charge in [0.2, 0.25) is 0 Å². The highest BCUT2D eigenvalue weighted by Crippen LogP contribution is 2.05. The molecule has 0 aromatic rings. The van der Waals surface area contributed by atoms with Crippen LogP contribution in [0.2, 0.25) is 0 Å². The van der Waals surface area contributed by atoms with E-state index in [2.05, 4.69) is 0 Å². The van der Waals surface area contributed by atoms with Crippen molar-refractivity contribution in [3.63, 3.8) is 0 Å². The SMILES string of the molecule is CC1CCOC(O)CO1. The highest BCUT2D eigenvalue weighted by molar-refractivity contribution is 4.54. The van der Waals surface area contributed by atoms with E-state index in [1.54, 1.807) is 0 Å². The van der Waals surface area contributed by atoms with Crippen LogP contribution in [0.4, 0.5) is 0 Å². The lowest BCUT2D eigenvalue weighted by atomic mass is 10.3. The topological polar surface area (TPSA) is 38.7 Å². The van der Waals surface area contributed by atoms with Crippen molar-refractivity contribution in [1.29, 1.82) is 0 Å². The summed E-state index contributed by atoms with van der Waals surface area (Å²) in [7, 11) is 0. The van der Waals surface area contributed by atoms with E-state index in [1.807, 2.05) is 6.92 Å². The first-order valence-electron chi connectivity index (χ1n) is 3.20. The van der Waals surface area contributed by atoms with Crippen LogP contribution in [0, 0.1) is 0 Å². The van der Waals surface area contributed by atoms with Gasteiger partial charge >= 0.3 is 0 Å². The minimum atomic E-state index is -0.713. The molecule has 0 saturated carbocycles. The van der Waals surface area contributed by atoms with Gasteiger partial charge in [0, 0.05) is 0 Å². The Balaban J connectivity index is 2.25. The Morgan fingerprint density at radius 2 is 2.22 bits per heavy atom. The monoisotopic (exact) mass is 132 g/mol. The van der Waals surface area contributed by atoms with Gasteiger partial charge in [-0.05, 0) is 13.3 Å². The molecule has 3 nitrogen and oxygen atoms in total. The summed E-state index contributed by atoms with van der Waals surface area (Å²) in [6, 6.07) is 0. The van der Waals surface area contributed by atoms with Gasteiger partial charge in [-0.2, -0.15) is 0 Å². The minimum Gasteiger partial charge on any atom is -0.373 e. The molecular weight excluding hydrogens is 120 g/mol. The maximum atomic E-state index is 8.86. The van der Waals surface area contributed by atoms with Crippen LogP contribution in [0.3, 0.4) is 0 Å². The molecule has 2 atom stereocenters. The van der Waals surface area contributed by atoms with E-state index in [9.17, 15) is 0 Å². The predicted molar refractivity (Wildman–Crippen MR) is 32.0 cm³/mol. The zero-order valence-electron chi connectivity index (χ0n) is 5.54. The van der Waals surface area contributed by atoms with Gasteiger partial charge in [0.05, 0.1) is 19.3 Å². The zero-order chi connectivity index (χ0) is 6.69. The Morgan fingerprint density at radius 1 is 1.44 bits per heavy atom. The van der Waals surface area contributed by atoms with Gasteiger partial charge in [0.25, 0.3) is 0 Å². The Labute approximate surface area is 54.6 Å². The van der Waals surface area contributed by atoms with E-state index >= 15 is 0 Å². The van der Waals surface area contributed by atoms with Crippen LogP contribution < -0.4 is 0 Å². The van der Waals surface area contributed by atoms with Crippen molar-refractivity contribution in [3.05, 3.63) is 0 Å². The number of hydrogen-bond donors (Lipinski definition) is 1. The molecular formula is C6H12O3. The van der Waals surface area contributed by atoms with E-state index in [0.29, 0.717) is 13.2 Å². The lowest BCUT2D eigenvalue weighted by Gasteiger charge is -2.06. The number of aliphatic hydroxyl groups excluding tert-OH is 1. The normalized spacial score (nSPS) is 38.0. The third kappa shape index (κ3) is 2.30. The summed E-state index contributed by atoms with van der Waals surface area (Å²) in [5.74, 6) is 0. The van der Waals surface area contributed by atoms with Gasteiger partial charge < -0.3 is 14.6 Å². The molecule has 54 valence electrons. The Bertz CT molecular complexity index is 74.4. The summed E-state index contributed by atoms with van der Waals surface area (Å²) in [5.41, 5.74) is 0. The first kappa shape index (κ1) is 6.99. The molecule has 1 heterocycles. The molecule has 3 heteroatoms. The smallest absolute Gasteiger partial charge is 0.178 e. The van der Waals surface area contributed by atoms with Crippen LogP contribution >= 0.6 is 0 Å². The molecule has 0 radical (unpaired) electrons. The molecule has 9 heavy (non-hydrogen) atoms. The molecule has 1 aliphatic rings. The number of aliphatic hydroxyl groups is 1. The van der Waals surface area contributed by atoms with Crippen molar-refractivity contribution in [3.8, 4) is 0 Å². The van der Waals surface area contributed by atoms with Crippen molar-refractivity contribution < 1.29 is 14.6 Å². The Hall–Kier alpha value is -0.120. The summed E-state index contributed by atoms with van der Waals surface area (Å²) in [6.07, 6.45) is 0.383. The quantitative estimate of drug-likeness (QED) is 0.509. The van der Waals surface area contributed by atoms with Crippen molar-refractivity contribution in [2.75, 3.05) is 13.2 Å². The fourth-order valence-electron chi connectivity index (χ4n) is 0.748. The Kier molecular flexibility index (Phi) is 2.45. The van der Waals surface area contributed by atoms with E-state index in [4.69, 9.17) is 14.6 Å². The second kappa shape index (κ2) is 3.15. The standard InChI is InChI=1S/C6H12O3/c1-5-2-3-8-6(7)4-9-5/h5-7H,2-4H2,1H3. The summed E-state index contributed by atoms with van der Waals surface area (Å²) >= 11 is 0. The van der Waals surface area contributed by atoms with Crippen LogP contribution in [-0.2, 0) is 9.47 Å². The molecule has 0 aromatic heterocycles. The lowest BCUT2D eigenvalue weighted by Crippen LogP contribution is -2.16. The van der Waals surface area contributed by atoms with Crippen molar-refractivity contribution in [1.82, 2.24) is 0 Å². The molecule has 0 bridgehead atoms. The summed E-state index contributed by atoms with van der Waals surface area (Å²) in [6.45, 7) is 2.88. The highest BCUT2D eigenvalue weighted by Gasteiger charge is 2.12. The van der Waals surface area contributed by atoms with E-state index in [-0.39, 0.29) is 6.10 Å². The van der Waals surface area contributed by atoms with Gasteiger partial charge in [0.15, 0.2) is 6.29 Å². The van der Waals surface area contributed by atoms with Crippen molar-refractivity contribution in [2.24, 2.45) is 0 Å². The number of hydrogen-bond acceptors (Lipinski definition) is 3. The van der Waals surface area contributed by atoms with Crippen molar-refractivity contribution in [2.45, 2.75) is 25.7 Å². The fraction of sp³-hybridized carbons (Fsp3) is 1.00. The lowest BCUT2D eigenvalue weighted by molar-refractivity contribution is -0.119. The molecule has 2 unspecified atom stereocenters. The van der Waals surface area contributed by atoms with Crippen LogP contribution in [0.5, 0.6) is 0 Å². The molecule has 1 fully saturated rings. The van der Waals surface area contributed by atoms with Gasteiger partial charge in [-0.15, -0.1) is 0 Å². The molecule has 0 aromatic carbocycles. The van der Waals surface area contributed by atoms with Crippen LogP contribution in [-0.4, -0.2) is 30.7 Å². The van der Waals surface area contributed by atoms with Crippen LogP contribution in [0.1, 0.15) is 13.3 Å². The predicted octanol–water partition coefficient (Wildman–Crippen LogP) is 0.130. The summed E-state index contributed by atoms with van der Waals surface area (Å²) < 4.78 is 10.0. The maximum Gasteiger partial charge on any atom is 0.178 e. The minimum absolute atomic E-state index is 0.224. The van der Waals surface area contributed by atoms with Gasteiger partial charge in [-0.25, -0.2) is 0 Å². The molecule has 1 saturated heterocycles. The first-order valence-corrected chi connectivity index (χ1v) is 3.20. The molecule has 0 spiro atoms.